The number of benzene rings is 7. The molecule has 1 heterocycles. The second-order valence-corrected chi connectivity index (χ2v) is 59.8. The van der Waals surface area contributed by atoms with Crippen molar-refractivity contribution >= 4 is 175 Å². The van der Waals surface area contributed by atoms with E-state index >= 15 is 0 Å². The van der Waals surface area contributed by atoms with Crippen molar-refractivity contribution in [3.8, 4) is 5.75 Å². The lowest BCUT2D eigenvalue weighted by Crippen LogP contribution is -2.51. The molecule has 3 fully saturated rings. The molecular formula is C105H137Cl5F3N3O19S8. The lowest BCUT2D eigenvalue weighted by atomic mass is 9.87. The van der Waals surface area contributed by atoms with Crippen molar-refractivity contribution in [2.45, 2.75) is 333 Å². The van der Waals surface area contributed by atoms with Gasteiger partial charge in [-0.25, -0.2) is 50.5 Å². The monoisotopic (exact) mass is 2230 g/mol. The normalized spacial score (nSPS) is 15.7. The summed E-state index contributed by atoms with van der Waals surface area (Å²) in [5.41, 5.74) is -0.934. The van der Waals surface area contributed by atoms with Crippen LogP contribution >= 0.6 is 81.1 Å². The molecule has 7 aromatic carbocycles. The number of halogens is 8. The van der Waals surface area contributed by atoms with E-state index in [-0.39, 0.29) is 77.0 Å². The Morgan fingerprint density at radius 3 is 1.01 bits per heavy atom. The van der Waals surface area contributed by atoms with E-state index in [1.165, 1.54) is 237 Å². The summed E-state index contributed by atoms with van der Waals surface area (Å²) in [6.07, 6.45) is 14.4. The van der Waals surface area contributed by atoms with E-state index in [0.717, 1.165) is 92.7 Å². The number of sulfone groups is 6. The molecule has 1 aromatic heterocycles. The number of Topliss-reactive ketones (excluding diaryl/α,β-unsaturated/α-hetero) is 3. The number of carbonyl (C=O) groups excluding carboxylic acids is 6. The van der Waals surface area contributed by atoms with E-state index in [0.29, 0.717) is 87.9 Å². The van der Waals surface area contributed by atoms with Crippen LogP contribution in [0, 0.1) is 11.8 Å². The Morgan fingerprint density at radius 2 is 0.671 bits per heavy atom. The van der Waals surface area contributed by atoms with Crippen LogP contribution in [0.15, 0.2) is 223 Å². The van der Waals surface area contributed by atoms with Crippen LogP contribution in [0.3, 0.4) is 0 Å². The zero-order valence-corrected chi connectivity index (χ0v) is 94.3. The van der Waals surface area contributed by atoms with E-state index < -0.39 is 123 Å². The minimum absolute atomic E-state index is 0.0680. The average molecular weight is 2240 g/mol. The number of thiophene rings is 1. The highest BCUT2D eigenvalue weighted by molar-refractivity contribution is 8.00. The number of amides is 3. The van der Waals surface area contributed by atoms with Crippen molar-refractivity contribution in [2.75, 3.05) is 18.9 Å². The highest BCUT2D eigenvalue weighted by Gasteiger charge is 2.49. The van der Waals surface area contributed by atoms with E-state index in [1.54, 1.807) is 23.1 Å². The van der Waals surface area contributed by atoms with Crippen LogP contribution in [0.1, 0.15) is 256 Å². The minimum Gasteiger partial charge on any atom is -0.494 e. The van der Waals surface area contributed by atoms with Gasteiger partial charge in [-0.3, -0.25) is 28.8 Å². The Kier molecular flexibility index (Phi) is 46.8. The molecule has 0 unspecified atom stereocenters. The van der Waals surface area contributed by atoms with Gasteiger partial charge in [0.1, 0.15) is 34.2 Å². The van der Waals surface area contributed by atoms with Gasteiger partial charge in [-0.1, -0.05) is 155 Å². The standard InChI is InChI=1S/C19H21ClO4S.C18H19F3O3S2.3C17H24ClNO3S.C17H25ClO3S2/c1-19(2,25(22,23)17-12-10-15(20)11-13-17)18(21)9-6-14-24-16-7-4-3-5-8-16;1-17(2,16(22)7-3-5-14-6-4-12-25-14)26(23,24)15-10-8-13(9-11-15)18(19,20)21;1-12-4-8-14(9-5-12)19-16(20)17(2,3)23(21,22)15-10-6-13(18)7-11-15;1-17(2,16(20)19-12-13-6-4-3-5-7-13)23(21,22)15-10-8-14(18)9-11-15;1-17(2,16(20)19-14-7-5-3-4-6-8-14)23(21,22)15-11-9-13(18)10-12-15;1-16(2,3)22-12-6-7-15(19)17(4,5)23(20,21)14-10-8-13(18)9-11-14/h3-5,7-8,10-13H,6,9,14H2,1-2H3;4,6,8-12H,3,5,7H2,1-2H3;6-7,10-12,14H,4-5,8-9H2,1-3H3,(H,19,20);8-11,13H,3-7,12H2,1-2H3,(H,19,20);9-12,14H,3-8H2,1-2H3,(H,19,20);8-11H,6-7,12H2,1-5H3. The third-order valence-electron chi connectivity index (χ3n) is 25.7. The highest BCUT2D eigenvalue weighted by Crippen LogP contribution is 2.39. The number of thioether (sulfide) groups is 1. The predicted octanol–water partition coefficient (Wildman–Crippen LogP) is 24.9. The van der Waals surface area contributed by atoms with Gasteiger partial charge in [0, 0.05) is 72.6 Å². The molecule has 3 aliphatic rings. The number of nitrogens with one attached hydrogen (secondary N) is 3. The molecule has 3 N–H and O–H groups in total. The first-order valence-electron chi connectivity index (χ1n) is 47.5. The van der Waals surface area contributed by atoms with E-state index in [2.05, 4.69) is 43.6 Å². The van der Waals surface area contributed by atoms with Crippen LogP contribution in [0.4, 0.5) is 13.2 Å². The molecule has 0 saturated heterocycles. The maximum Gasteiger partial charge on any atom is 0.416 e. The number of para-hydroxylation sites is 1. The zero-order valence-electron chi connectivity index (χ0n) is 84.0. The smallest absolute Gasteiger partial charge is 0.416 e. The van der Waals surface area contributed by atoms with Gasteiger partial charge in [-0.15, -0.1) is 11.3 Å². The molecule has 0 bridgehead atoms. The molecule has 11 rings (SSSR count). The van der Waals surface area contributed by atoms with Gasteiger partial charge in [0.15, 0.2) is 76.4 Å². The summed E-state index contributed by atoms with van der Waals surface area (Å²) in [5, 5.41) is 12.9. The zero-order chi connectivity index (χ0) is 107. The molecule has 790 valence electrons. The quantitative estimate of drug-likeness (QED) is 0.0245. The van der Waals surface area contributed by atoms with Crippen LogP contribution in [0.2, 0.25) is 25.1 Å². The summed E-state index contributed by atoms with van der Waals surface area (Å²) >= 11 is 32.3. The molecule has 38 heteroatoms. The number of hydrogen-bond donors (Lipinski definition) is 3. The van der Waals surface area contributed by atoms with Gasteiger partial charge in [0.05, 0.1) is 41.5 Å². The second-order valence-electron chi connectivity index (χ2n) is 39.7. The fourth-order valence-corrected chi connectivity index (χ4v) is 26.1. The first-order chi connectivity index (χ1) is 66.2. The molecule has 3 amide bonds. The third-order valence-corrected chi connectivity index (χ3v) is 43.9. The number of alkyl halides is 3. The van der Waals surface area contributed by atoms with Crippen molar-refractivity contribution in [2.24, 2.45) is 11.8 Å². The maximum atomic E-state index is 12.8. The van der Waals surface area contributed by atoms with Gasteiger partial charge in [-0.05, 0) is 347 Å². The topological polar surface area (TPSA) is 353 Å². The molecule has 8 aromatic rings. The molecule has 143 heavy (non-hydrogen) atoms. The number of rotatable bonds is 35. The van der Waals surface area contributed by atoms with Gasteiger partial charge in [0.25, 0.3) is 0 Å². The van der Waals surface area contributed by atoms with Crippen molar-refractivity contribution in [3.05, 3.63) is 229 Å². The van der Waals surface area contributed by atoms with Gasteiger partial charge in [-0.2, -0.15) is 24.9 Å². The molecule has 0 radical (unpaired) electrons. The SMILES string of the molecule is CC(C)(C(=O)CCCOc1ccccc1)S(=O)(=O)c1ccc(Cl)cc1.CC(C)(C(=O)CCCc1cccs1)S(=O)(=O)c1ccc(C(F)(F)F)cc1.CC(C)(C(=O)NC1CCCCCC1)S(=O)(=O)c1ccc(Cl)cc1.CC(C)(C(=O)NCC1CCCCC1)S(=O)(=O)c1ccc(Cl)cc1.CC(C)(C)SCCCC(=O)C(C)(C)S(=O)(=O)c1ccc(Cl)cc1.CC1CCC(NC(=O)C(C)(C)S(=O)(=O)c2ccc(Cl)cc2)CC1. The summed E-state index contributed by atoms with van der Waals surface area (Å²) in [4.78, 5) is 76.5. The molecule has 22 nitrogen and oxygen atoms in total. The molecule has 3 saturated carbocycles. The Hall–Kier alpha value is -7.25. The van der Waals surface area contributed by atoms with E-state index in [1.807, 2.05) is 47.8 Å². The minimum atomic E-state index is -4.55. The summed E-state index contributed by atoms with van der Waals surface area (Å²) in [7, 11) is -23.0. The summed E-state index contributed by atoms with van der Waals surface area (Å²) in [6, 6.07) is 46.0. The largest absolute Gasteiger partial charge is 0.494 e. The molecule has 3 aliphatic carbocycles. The molecule has 0 aliphatic heterocycles. The van der Waals surface area contributed by atoms with Crippen molar-refractivity contribution < 1.29 is 97.2 Å². The van der Waals surface area contributed by atoms with Crippen LogP contribution in [-0.4, -0.2) is 150 Å². The van der Waals surface area contributed by atoms with Crippen LogP contribution < -0.4 is 20.7 Å². The third kappa shape index (κ3) is 34.9. The first kappa shape index (κ1) is 124. The predicted molar refractivity (Wildman–Crippen MR) is 570 cm³/mol. The number of aryl methyl sites for hydroxylation is 1. The maximum absolute atomic E-state index is 12.8. The Balaban J connectivity index is 0.000000263. The number of carbonyl (C=O) groups is 6. The van der Waals surface area contributed by atoms with Crippen LogP contribution in [-0.2, 0) is 100 Å². The Labute approximate surface area is 879 Å². The fourth-order valence-electron chi connectivity index (χ4n) is 15.2. The molecular weight excluding hydrogens is 2100 g/mol. The lowest BCUT2D eigenvalue weighted by molar-refractivity contribution is -0.137. The van der Waals surface area contributed by atoms with E-state index in [4.69, 9.17) is 62.7 Å². The van der Waals surface area contributed by atoms with Gasteiger partial charge in [0.2, 0.25) is 17.7 Å². The lowest BCUT2D eigenvalue weighted by Gasteiger charge is -2.31. The van der Waals surface area contributed by atoms with Crippen LogP contribution in [0.25, 0.3) is 0 Å². The average Bonchev–Trinajstić information content (AvgIpc) is 1.30. The first-order valence-corrected chi connectivity index (χ1v) is 60.2. The van der Waals surface area contributed by atoms with E-state index in [9.17, 15) is 92.4 Å². The van der Waals surface area contributed by atoms with Gasteiger partial charge >= 0.3 is 6.18 Å². The summed E-state index contributed by atoms with van der Waals surface area (Å²) < 4.78 is 188. The van der Waals surface area contributed by atoms with Crippen molar-refractivity contribution in [1.82, 2.24) is 16.0 Å². The van der Waals surface area contributed by atoms with Crippen LogP contribution in [0.5, 0.6) is 5.75 Å². The Bertz CT molecular complexity index is 6230. The Morgan fingerprint density at radius 1 is 0.364 bits per heavy atom. The van der Waals surface area contributed by atoms with Crippen molar-refractivity contribution in [3.63, 3.8) is 0 Å². The fraction of sp³-hybridized carbons (Fsp3) is 0.505. The summed E-state index contributed by atoms with van der Waals surface area (Å²) in [6.45, 7) is 26.7. The van der Waals surface area contributed by atoms with Gasteiger partial charge < -0.3 is 20.7 Å². The number of ether oxygens (including phenoxy) is 1. The molecule has 0 atom stereocenters. The molecule has 0 spiro atoms. The number of hydrogen-bond acceptors (Lipinski definition) is 21. The highest BCUT2D eigenvalue weighted by atomic mass is 35.5. The van der Waals surface area contributed by atoms with Crippen molar-refractivity contribution in [1.29, 1.82) is 0 Å². The summed E-state index contributed by atoms with van der Waals surface area (Å²) in [5.74, 6) is 0.352. The second kappa shape index (κ2) is 53.8. The number of ketones is 3.